The van der Waals surface area contributed by atoms with Crippen LogP contribution in [0.1, 0.15) is 373 Å². The molecule has 0 spiro atoms. The van der Waals surface area contributed by atoms with Crippen molar-refractivity contribution in [1.29, 1.82) is 0 Å². The van der Waals surface area contributed by atoms with Crippen LogP contribution in [0.5, 0.6) is 0 Å². The molecule has 0 fully saturated rings. The summed E-state index contributed by atoms with van der Waals surface area (Å²) in [4.78, 5) is 87.9. The van der Waals surface area contributed by atoms with Crippen LogP contribution in [0, 0.1) is 0 Å². The molecule has 0 saturated carbocycles. The van der Waals surface area contributed by atoms with Crippen LogP contribution >= 0.6 is 0 Å². The number of rotatable bonds is 54. The number of fused-ring (bicyclic) bond motifs is 6. The molecule has 504 valence electrons. The Hall–Kier alpha value is -5.52. The molecule has 0 bridgehead atoms. The second kappa shape index (κ2) is 48.3. The highest BCUT2D eigenvalue weighted by Crippen LogP contribution is 2.41. The van der Waals surface area contributed by atoms with Crippen molar-refractivity contribution in [3.63, 3.8) is 0 Å². The van der Waals surface area contributed by atoms with Crippen LogP contribution in [0.25, 0.3) is 32.3 Å². The van der Waals surface area contributed by atoms with E-state index in [2.05, 4.69) is 41.5 Å². The lowest BCUT2D eigenvalue weighted by atomic mass is 9.87. The van der Waals surface area contributed by atoms with Crippen LogP contribution in [-0.4, -0.2) is 75.5 Å². The second-order valence-corrected chi connectivity index (χ2v) is 25.4. The number of hydrogen-bond donors (Lipinski definition) is 0. The molecule has 0 amide bonds. The van der Waals surface area contributed by atoms with Gasteiger partial charge in [-0.15, -0.1) is 0 Å². The summed E-state index contributed by atoms with van der Waals surface area (Å²) in [6, 6.07) is 9.69. The van der Waals surface area contributed by atoms with E-state index in [0.717, 1.165) is 193 Å². The zero-order valence-electron chi connectivity index (χ0n) is 57.3. The molecule has 12 heteroatoms. The van der Waals surface area contributed by atoms with Gasteiger partial charge in [-0.3, -0.25) is 0 Å². The predicted molar refractivity (Wildman–Crippen MR) is 369 cm³/mol. The zero-order valence-corrected chi connectivity index (χ0v) is 57.3. The summed E-state index contributed by atoms with van der Waals surface area (Å²) in [5.74, 6) is -4.21. The minimum Gasteiger partial charge on any atom is -0.462 e. The highest BCUT2D eigenvalue weighted by Gasteiger charge is 2.29. The van der Waals surface area contributed by atoms with Crippen molar-refractivity contribution in [3.8, 4) is 0 Å². The van der Waals surface area contributed by atoms with Crippen LogP contribution < -0.4 is 0 Å². The Bertz CT molecular complexity index is 2210. The quantitative estimate of drug-likeness (QED) is 0.0179. The van der Waals surface area contributed by atoms with E-state index >= 15 is 0 Å². The molecular formula is C78H120O12. The third-order valence-corrected chi connectivity index (χ3v) is 17.5. The number of unbranched alkanes of at least 4 members (excludes halogenated alkanes) is 36. The molecule has 0 atom stereocenters. The number of esters is 6. The number of ether oxygens (including phenoxy) is 6. The van der Waals surface area contributed by atoms with E-state index in [9.17, 15) is 28.8 Å². The van der Waals surface area contributed by atoms with Crippen LogP contribution in [0.3, 0.4) is 0 Å². The van der Waals surface area contributed by atoms with Gasteiger partial charge in [0.2, 0.25) is 0 Å². The number of hydrogen-bond acceptors (Lipinski definition) is 12. The molecule has 90 heavy (non-hydrogen) atoms. The molecule has 0 aliphatic carbocycles. The van der Waals surface area contributed by atoms with E-state index in [0.29, 0.717) is 70.8 Å². The van der Waals surface area contributed by atoms with E-state index < -0.39 is 35.8 Å². The first kappa shape index (κ1) is 76.9. The third-order valence-electron chi connectivity index (χ3n) is 17.5. The minimum atomic E-state index is -0.701. The second-order valence-electron chi connectivity index (χ2n) is 25.4. The molecule has 0 N–H and O–H groups in total. The molecule has 4 aromatic carbocycles. The van der Waals surface area contributed by atoms with Gasteiger partial charge in [0.1, 0.15) is 0 Å². The van der Waals surface area contributed by atoms with E-state index in [4.69, 9.17) is 28.4 Å². The van der Waals surface area contributed by atoms with Gasteiger partial charge in [0.15, 0.2) is 0 Å². The van der Waals surface area contributed by atoms with Gasteiger partial charge in [0.05, 0.1) is 73.0 Å². The Morgan fingerprint density at radius 2 is 0.300 bits per heavy atom. The zero-order chi connectivity index (χ0) is 64.8. The maximum atomic E-state index is 14.6. The van der Waals surface area contributed by atoms with Crippen molar-refractivity contribution >= 4 is 68.1 Å². The third kappa shape index (κ3) is 28.6. The van der Waals surface area contributed by atoms with E-state index in [1.54, 1.807) is 36.4 Å². The Morgan fingerprint density at radius 1 is 0.189 bits per heavy atom. The molecule has 0 unspecified atom stereocenters. The first-order chi connectivity index (χ1) is 44.1. The summed E-state index contributed by atoms with van der Waals surface area (Å²) in [7, 11) is 0. The fraction of sp³-hybridized carbons (Fsp3) is 0.692. The van der Waals surface area contributed by atoms with Crippen molar-refractivity contribution in [3.05, 3.63) is 69.8 Å². The van der Waals surface area contributed by atoms with Crippen molar-refractivity contribution in [1.82, 2.24) is 0 Å². The first-order valence-electron chi connectivity index (χ1n) is 36.6. The summed E-state index contributed by atoms with van der Waals surface area (Å²) in [5, 5.41) is 2.61. The molecule has 0 saturated heterocycles. The standard InChI is InChI=1S/C78H120O12/c1-7-13-19-25-31-37-43-49-85-73(79)67-55-61-62(56-68(67)74(80)86-50-44-38-32-26-20-14-8-2)64-58-70(76(82)88-52-46-40-34-28-22-16-10-4)72(78(84)90-54-48-42-36-30-24-18-12-6)60-66(64)65-59-71(77(83)89-53-47-41-35-29-23-17-11-5)69(57-63(61)65)75(81)87-51-45-39-33-27-21-15-9-3/h55-60H,7-54H2,1-6H3. The maximum Gasteiger partial charge on any atom is 0.339 e. The molecule has 12 nitrogen and oxygen atoms in total. The number of carbonyl (C=O) groups is 6. The van der Waals surface area contributed by atoms with Gasteiger partial charge in [-0.25, -0.2) is 28.8 Å². The predicted octanol–water partition coefficient (Wildman–Crippen LogP) is 22.6. The molecule has 0 heterocycles. The van der Waals surface area contributed by atoms with Crippen molar-refractivity contribution < 1.29 is 57.2 Å². The molecule has 4 aromatic rings. The van der Waals surface area contributed by atoms with E-state index in [-0.39, 0.29) is 73.0 Å². The SMILES string of the molecule is CCCCCCCCCOC(=O)c1cc2c3cc(C(=O)OCCCCCCCCC)c(C(=O)OCCCCCCCCC)cc3c3cc(C(=O)OCCCCCCCCC)c(C(=O)OCCCCCCCCC)cc3c2cc1C(=O)OCCCCCCCCC. The van der Waals surface area contributed by atoms with Crippen LogP contribution in [-0.2, 0) is 28.4 Å². The van der Waals surface area contributed by atoms with Crippen molar-refractivity contribution in [2.45, 2.75) is 311 Å². The average Bonchev–Trinajstić information content (AvgIpc) is 0.739. The highest BCUT2D eigenvalue weighted by atomic mass is 16.6. The topological polar surface area (TPSA) is 158 Å². The number of benzene rings is 4. The van der Waals surface area contributed by atoms with Gasteiger partial charge in [0.25, 0.3) is 0 Å². The van der Waals surface area contributed by atoms with Crippen molar-refractivity contribution in [2.24, 2.45) is 0 Å². The van der Waals surface area contributed by atoms with Gasteiger partial charge in [-0.1, -0.05) is 273 Å². The molecule has 0 aliphatic heterocycles. The summed E-state index contributed by atoms with van der Waals surface area (Å²) in [5.41, 5.74) is -0.101. The smallest absolute Gasteiger partial charge is 0.339 e. The number of carbonyl (C=O) groups excluding carboxylic acids is 6. The molecule has 4 rings (SSSR count). The van der Waals surface area contributed by atoms with Gasteiger partial charge in [-0.05, 0) is 107 Å². The fourth-order valence-corrected chi connectivity index (χ4v) is 12.0. The summed E-state index contributed by atoms with van der Waals surface area (Å²) >= 11 is 0. The van der Waals surface area contributed by atoms with Gasteiger partial charge < -0.3 is 28.4 Å². The molecule has 0 radical (unpaired) electrons. The highest BCUT2D eigenvalue weighted by molar-refractivity contribution is 6.30. The lowest BCUT2D eigenvalue weighted by Gasteiger charge is -2.19. The normalized spacial score (nSPS) is 11.4. The Balaban J connectivity index is 2.01. The van der Waals surface area contributed by atoms with Crippen LogP contribution in [0.2, 0.25) is 0 Å². The minimum absolute atomic E-state index is 0.0169. The summed E-state index contributed by atoms with van der Waals surface area (Å²) in [6.07, 6.45) is 43.0. The summed E-state index contributed by atoms with van der Waals surface area (Å²) < 4.78 is 36.1. The average molecular weight is 1250 g/mol. The molecular weight excluding hydrogens is 1130 g/mol. The maximum absolute atomic E-state index is 14.6. The Morgan fingerprint density at radius 3 is 0.422 bits per heavy atom. The van der Waals surface area contributed by atoms with Gasteiger partial charge in [0, 0.05) is 0 Å². The Labute approximate surface area is 543 Å². The lowest BCUT2D eigenvalue weighted by Crippen LogP contribution is -2.17. The van der Waals surface area contributed by atoms with Gasteiger partial charge >= 0.3 is 35.8 Å². The fourth-order valence-electron chi connectivity index (χ4n) is 12.0. The molecule has 0 aliphatic rings. The Kier molecular flexibility index (Phi) is 41.3. The van der Waals surface area contributed by atoms with E-state index in [1.807, 2.05) is 0 Å². The van der Waals surface area contributed by atoms with E-state index in [1.165, 1.54) is 38.5 Å². The van der Waals surface area contributed by atoms with Crippen LogP contribution in [0.15, 0.2) is 36.4 Å². The van der Waals surface area contributed by atoms with Crippen LogP contribution in [0.4, 0.5) is 0 Å². The van der Waals surface area contributed by atoms with Gasteiger partial charge in [-0.2, -0.15) is 0 Å². The first-order valence-corrected chi connectivity index (χ1v) is 36.6. The largest absolute Gasteiger partial charge is 0.462 e. The monoisotopic (exact) mass is 1250 g/mol. The molecule has 0 aromatic heterocycles. The summed E-state index contributed by atoms with van der Waals surface area (Å²) in [6.45, 7) is 14.0. The van der Waals surface area contributed by atoms with Crippen molar-refractivity contribution in [2.75, 3.05) is 39.6 Å². The lowest BCUT2D eigenvalue weighted by molar-refractivity contribution is 0.0450.